The Morgan fingerprint density at radius 1 is 0.923 bits per heavy atom. The van der Waals surface area contributed by atoms with E-state index in [9.17, 15) is 18.0 Å². The molecule has 2 amide bonds. The average molecular weight is 552 g/mol. The van der Waals surface area contributed by atoms with Gasteiger partial charge in [0.25, 0.3) is 10.0 Å². The van der Waals surface area contributed by atoms with Gasteiger partial charge in [0.15, 0.2) is 0 Å². The summed E-state index contributed by atoms with van der Waals surface area (Å²) in [5, 5.41) is 2.77. The fourth-order valence-electron chi connectivity index (χ4n) is 4.17. The third-order valence-electron chi connectivity index (χ3n) is 6.44. The SMILES string of the molecule is CCNC(=O)[C@@H](C)N(Cc1ccccc1C)C(=O)CN(c1ccccc1OCC)S(=O)(=O)c1ccc(C)cc1. The zero-order valence-electron chi connectivity index (χ0n) is 23.2. The van der Waals surface area contributed by atoms with Crippen LogP contribution in [0.1, 0.15) is 37.5 Å². The smallest absolute Gasteiger partial charge is 0.264 e. The predicted molar refractivity (Wildman–Crippen MR) is 153 cm³/mol. The molecule has 0 saturated heterocycles. The van der Waals surface area contributed by atoms with Crippen LogP contribution in [0.5, 0.6) is 5.75 Å². The Kier molecular flexibility index (Phi) is 10.1. The summed E-state index contributed by atoms with van der Waals surface area (Å²) in [6.07, 6.45) is 0. The molecule has 3 rings (SSSR count). The van der Waals surface area contributed by atoms with Crippen LogP contribution in [0.4, 0.5) is 5.69 Å². The predicted octanol–water partition coefficient (Wildman–Crippen LogP) is 4.45. The van der Waals surface area contributed by atoms with Crippen LogP contribution < -0.4 is 14.4 Å². The molecule has 3 aromatic rings. The van der Waals surface area contributed by atoms with E-state index in [1.165, 1.54) is 17.0 Å². The Morgan fingerprint density at radius 3 is 2.21 bits per heavy atom. The zero-order valence-corrected chi connectivity index (χ0v) is 24.0. The Morgan fingerprint density at radius 2 is 1.56 bits per heavy atom. The van der Waals surface area contributed by atoms with E-state index in [1.807, 2.05) is 38.1 Å². The summed E-state index contributed by atoms with van der Waals surface area (Å²) < 4.78 is 34.8. The van der Waals surface area contributed by atoms with Gasteiger partial charge in [0.05, 0.1) is 17.2 Å². The number of carbonyl (C=O) groups is 2. The molecule has 0 bridgehead atoms. The van der Waals surface area contributed by atoms with Crippen molar-refractivity contribution in [2.45, 2.75) is 52.1 Å². The lowest BCUT2D eigenvalue weighted by Gasteiger charge is -2.32. The molecule has 0 aliphatic heterocycles. The van der Waals surface area contributed by atoms with Gasteiger partial charge < -0.3 is 15.0 Å². The van der Waals surface area contributed by atoms with Crippen LogP contribution in [0.3, 0.4) is 0 Å². The third kappa shape index (κ3) is 7.17. The number of aryl methyl sites for hydroxylation is 2. The van der Waals surface area contributed by atoms with Crippen LogP contribution in [0.2, 0.25) is 0 Å². The summed E-state index contributed by atoms with van der Waals surface area (Å²) >= 11 is 0. The van der Waals surface area contributed by atoms with Crippen molar-refractivity contribution in [1.82, 2.24) is 10.2 Å². The second-order valence-corrected chi connectivity index (χ2v) is 11.1. The summed E-state index contributed by atoms with van der Waals surface area (Å²) in [4.78, 5) is 28.3. The Hall–Kier alpha value is -3.85. The van der Waals surface area contributed by atoms with Crippen LogP contribution in [0.25, 0.3) is 0 Å². The first-order chi connectivity index (χ1) is 18.6. The molecule has 0 aliphatic rings. The van der Waals surface area contributed by atoms with Crippen LogP contribution in [-0.2, 0) is 26.2 Å². The number of nitrogens with zero attached hydrogens (tertiary/aromatic N) is 2. The summed E-state index contributed by atoms with van der Waals surface area (Å²) in [5.74, 6) is -0.494. The lowest BCUT2D eigenvalue weighted by Crippen LogP contribution is -2.51. The first kappa shape index (κ1) is 29.7. The van der Waals surface area contributed by atoms with Gasteiger partial charge in [0.1, 0.15) is 18.3 Å². The van der Waals surface area contributed by atoms with E-state index in [4.69, 9.17) is 4.74 Å². The van der Waals surface area contributed by atoms with Gasteiger partial charge in [0, 0.05) is 13.1 Å². The maximum absolute atomic E-state index is 14.0. The number of hydrogen-bond acceptors (Lipinski definition) is 5. The highest BCUT2D eigenvalue weighted by atomic mass is 32.2. The van der Waals surface area contributed by atoms with E-state index in [1.54, 1.807) is 57.2 Å². The lowest BCUT2D eigenvalue weighted by atomic mass is 10.1. The molecule has 0 unspecified atom stereocenters. The van der Waals surface area contributed by atoms with Gasteiger partial charge >= 0.3 is 0 Å². The molecule has 0 heterocycles. The fraction of sp³-hybridized carbons (Fsp3) is 0.333. The van der Waals surface area contributed by atoms with Gasteiger partial charge in [-0.05, 0) is 70.0 Å². The molecule has 0 spiro atoms. The van der Waals surface area contributed by atoms with Crippen molar-refractivity contribution in [3.63, 3.8) is 0 Å². The second-order valence-electron chi connectivity index (χ2n) is 9.24. The number of likely N-dealkylation sites (N-methyl/N-ethyl adjacent to an activating group) is 1. The highest BCUT2D eigenvalue weighted by Gasteiger charge is 2.33. The highest BCUT2D eigenvalue weighted by molar-refractivity contribution is 7.92. The van der Waals surface area contributed by atoms with Crippen molar-refractivity contribution in [3.05, 3.63) is 89.5 Å². The van der Waals surface area contributed by atoms with Gasteiger partial charge in [-0.25, -0.2) is 8.42 Å². The first-order valence-corrected chi connectivity index (χ1v) is 14.5. The van der Waals surface area contributed by atoms with Crippen molar-refractivity contribution in [2.75, 3.05) is 24.0 Å². The average Bonchev–Trinajstić information content (AvgIpc) is 2.91. The summed E-state index contributed by atoms with van der Waals surface area (Å²) in [5.41, 5.74) is 2.98. The maximum Gasteiger partial charge on any atom is 0.264 e. The van der Waals surface area contributed by atoms with Crippen molar-refractivity contribution in [3.8, 4) is 5.75 Å². The largest absolute Gasteiger partial charge is 0.492 e. The summed E-state index contributed by atoms with van der Waals surface area (Å²) in [7, 11) is -4.17. The van der Waals surface area contributed by atoms with Crippen LogP contribution in [-0.4, -0.2) is 50.9 Å². The third-order valence-corrected chi connectivity index (χ3v) is 8.22. The van der Waals surface area contributed by atoms with E-state index in [0.29, 0.717) is 18.9 Å². The minimum absolute atomic E-state index is 0.0504. The number of carbonyl (C=O) groups excluding carboxylic acids is 2. The van der Waals surface area contributed by atoms with E-state index >= 15 is 0 Å². The number of ether oxygens (including phenoxy) is 1. The van der Waals surface area contributed by atoms with Crippen molar-refractivity contribution in [2.24, 2.45) is 0 Å². The molecule has 0 fully saturated rings. The fourth-order valence-corrected chi connectivity index (χ4v) is 5.59. The standard InChI is InChI=1S/C30H37N3O5S/c1-6-31-30(35)24(5)32(20-25-13-9-8-12-23(25)4)29(34)21-33(27-14-10-11-15-28(27)38-7-2)39(36,37)26-18-16-22(3)17-19-26/h8-19,24H,6-7,20-21H2,1-5H3,(H,31,35)/t24-/m1/s1. The van der Waals surface area contributed by atoms with Gasteiger partial charge in [-0.3, -0.25) is 13.9 Å². The van der Waals surface area contributed by atoms with Gasteiger partial charge in [-0.15, -0.1) is 0 Å². The minimum Gasteiger partial charge on any atom is -0.492 e. The van der Waals surface area contributed by atoms with Crippen LogP contribution >= 0.6 is 0 Å². The van der Waals surface area contributed by atoms with E-state index in [-0.39, 0.29) is 23.0 Å². The first-order valence-electron chi connectivity index (χ1n) is 13.0. The molecule has 208 valence electrons. The molecule has 9 heteroatoms. The summed E-state index contributed by atoms with van der Waals surface area (Å²) in [6, 6.07) is 20.0. The van der Waals surface area contributed by atoms with E-state index in [0.717, 1.165) is 21.0 Å². The van der Waals surface area contributed by atoms with Crippen molar-refractivity contribution in [1.29, 1.82) is 0 Å². The number of amides is 2. The normalized spacial score (nSPS) is 11.9. The van der Waals surface area contributed by atoms with Gasteiger partial charge in [0.2, 0.25) is 11.8 Å². The molecular weight excluding hydrogens is 514 g/mol. The van der Waals surface area contributed by atoms with Crippen LogP contribution in [0.15, 0.2) is 77.7 Å². The molecule has 3 aromatic carbocycles. The Bertz CT molecular complexity index is 1390. The molecule has 8 nitrogen and oxygen atoms in total. The molecular formula is C30H37N3O5S. The van der Waals surface area contributed by atoms with E-state index < -0.39 is 28.5 Å². The summed E-state index contributed by atoms with van der Waals surface area (Å²) in [6.45, 7) is 9.41. The Balaban J connectivity index is 2.09. The second kappa shape index (κ2) is 13.3. The lowest BCUT2D eigenvalue weighted by molar-refractivity contribution is -0.139. The molecule has 0 saturated carbocycles. The highest BCUT2D eigenvalue weighted by Crippen LogP contribution is 2.33. The quantitative estimate of drug-likeness (QED) is 0.359. The molecule has 1 N–H and O–H groups in total. The number of hydrogen-bond donors (Lipinski definition) is 1. The molecule has 0 aliphatic carbocycles. The Labute approximate surface area is 231 Å². The monoisotopic (exact) mass is 551 g/mol. The van der Waals surface area contributed by atoms with E-state index in [2.05, 4.69) is 5.32 Å². The number of rotatable bonds is 12. The van der Waals surface area contributed by atoms with Crippen molar-refractivity contribution >= 4 is 27.5 Å². The molecule has 1 atom stereocenters. The topological polar surface area (TPSA) is 96.0 Å². The van der Waals surface area contributed by atoms with Crippen molar-refractivity contribution < 1.29 is 22.7 Å². The number of benzene rings is 3. The van der Waals surface area contributed by atoms with Gasteiger partial charge in [-0.2, -0.15) is 0 Å². The molecule has 39 heavy (non-hydrogen) atoms. The number of nitrogens with one attached hydrogen (secondary N) is 1. The molecule has 0 radical (unpaired) electrons. The zero-order chi connectivity index (χ0) is 28.6. The number of anilines is 1. The van der Waals surface area contributed by atoms with Gasteiger partial charge in [-0.1, -0.05) is 54.1 Å². The number of para-hydroxylation sites is 2. The number of sulfonamides is 1. The van der Waals surface area contributed by atoms with Crippen LogP contribution in [0, 0.1) is 13.8 Å². The maximum atomic E-state index is 14.0. The molecule has 0 aromatic heterocycles. The minimum atomic E-state index is -4.17.